The van der Waals surface area contributed by atoms with Crippen LogP contribution in [0.4, 0.5) is 0 Å². The molecule has 1 heterocycles. The van der Waals surface area contributed by atoms with Crippen molar-refractivity contribution in [1.29, 1.82) is 0 Å². The largest absolute Gasteiger partial charge is 0.493 e. The van der Waals surface area contributed by atoms with Crippen LogP contribution in [0.25, 0.3) is 0 Å². The standard InChI is InChI=1S/C16H25ClN2O2/c1-3-8-21-16-13(17)9-12(10-15(16)20-2)14(11-18)19-6-4-5-7-19/h9-10,14H,3-8,11,18H2,1-2H3. The van der Waals surface area contributed by atoms with Crippen molar-refractivity contribution in [3.8, 4) is 11.5 Å². The first kappa shape index (κ1) is 16.4. The molecule has 1 atom stereocenters. The number of hydrogen-bond acceptors (Lipinski definition) is 4. The lowest BCUT2D eigenvalue weighted by atomic mass is 10.0. The van der Waals surface area contributed by atoms with Crippen molar-refractivity contribution in [2.24, 2.45) is 5.73 Å². The number of rotatable bonds is 7. The number of nitrogens with zero attached hydrogens (tertiary/aromatic N) is 1. The smallest absolute Gasteiger partial charge is 0.179 e. The van der Waals surface area contributed by atoms with E-state index in [1.54, 1.807) is 7.11 Å². The Balaban J connectivity index is 2.28. The molecule has 4 nitrogen and oxygen atoms in total. The maximum absolute atomic E-state index is 6.39. The molecule has 1 aromatic rings. The third kappa shape index (κ3) is 3.82. The van der Waals surface area contributed by atoms with E-state index in [2.05, 4.69) is 11.8 Å². The fourth-order valence-corrected chi connectivity index (χ4v) is 3.10. The van der Waals surface area contributed by atoms with Crippen LogP contribution in [0.5, 0.6) is 11.5 Å². The Bertz CT molecular complexity index is 462. The lowest BCUT2D eigenvalue weighted by Gasteiger charge is -2.27. The first-order chi connectivity index (χ1) is 10.2. The predicted octanol–water partition coefficient (Wildman–Crippen LogP) is 3.23. The van der Waals surface area contributed by atoms with Crippen molar-refractivity contribution in [3.63, 3.8) is 0 Å². The Morgan fingerprint density at radius 3 is 2.62 bits per heavy atom. The van der Waals surface area contributed by atoms with E-state index in [9.17, 15) is 0 Å². The number of hydrogen-bond donors (Lipinski definition) is 1. The van der Waals surface area contributed by atoms with Gasteiger partial charge >= 0.3 is 0 Å². The molecule has 1 aliphatic heterocycles. The summed E-state index contributed by atoms with van der Waals surface area (Å²) in [5, 5.41) is 0.593. The van der Waals surface area contributed by atoms with E-state index >= 15 is 0 Å². The van der Waals surface area contributed by atoms with Crippen LogP contribution in [0.3, 0.4) is 0 Å². The average molecular weight is 313 g/mol. The van der Waals surface area contributed by atoms with Crippen molar-refractivity contribution in [3.05, 3.63) is 22.7 Å². The minimum atomic E-state index is 0.194. The molecule has 118 valence electrons. The van der Waals surface area contributed by atoms with Crippen LogP contribution in [0.2, 0.25) is 5.02 Å². The average Bonchev–Trinajstić information content (AvgIpc) is 3.00. The van der Waals surface area contributed by atoms with Gasteiger partial charge in [-0.05, 0) is 50.0 Å². The highest BCUT2D eigenvalue weighted by Crippen LogP contribution is 2.39. The quantitative estimate of drug-likeness (QED) is 0.839. The lowest BCUT2D eigenvalue weighted by molar-refractivity contribution is 0.249. The Kier molecular flexibility index (Phi) is 6.15. The van der Waals surface area contributed by atoms with Crippen LogP contribution in [-0.4, -0.2) is 38.3 Å². The van der Waals surface area contributed by atoms with Crippen LogP contribution in [-0.2, 0) is 0 Å². The van der Waals surface area contributed by atoms with E-state index in [4.69, 9.17) is 26.8 Å². The Hall–Kier alpha value is -0.970. The molecule has 0 bridgehead atoms. The normalized spacial score (nSPS) is 17.0. The molecule has 21 heavy (non-hydrogen) atoms. The van der Waals surface area contributed by atoms with E-state index < -0.39 is 0 Å². The molecule has 0 spiro atoms. The summed E-state index contributed by atoms with van der Waals surface area (Å²) < 4.78 is 11.2. The van der Waals surface area contributed by atoms with Gasteiger partial charge in [0.05, 0.1) is 18.7 Å². The maximum Gasteiger partial charge on any atom is 0.179 e. The summed E-state index contributed by atoms with van der Waals surface area (Å²) in [7, 11) is 1.64. The Morgan fingerprint density at radius 2 is 2.05 bits per heavy atom. The third-order valence-corrected chi connectivity index (χ3v) is 4.17. The van der Waals surface area contributed by atoms with Gasteiger partial charge in [-0.2, -0.15) is 0 Å². The molecule has 1 aliphatic rings. The molecule has 1 fully saturated rings. The summed E-state index contributed by atoms with van der Waals surface area (Å²) >= 11 is 6.39. The molecular weight excluding hydrogens is 288 g/mol. The summed E-state index contributed by atoms with van der Waals surface area (Å²) in [6.07, 6.45) is 3.40. The summed E-state index contributed by atoms with van der Waals surface area (Å²) in [4.78, 5) is 2.41. The molecule has 1 saturated heterocycles. The SMILES string of the molecule is CCCOc1c(Cl)cc(C(CN)N2CCCC2)cc1OC. The molecule has 0 aliphatic carbocycles. The molecule has 0 aromatic heterocycles. The second-order valence-electron chi connectivity index (χ2n) is 5.38. The van der Waals surface area contributed by atoms with Crippen molar-refractivity contribution < 1.29 is 9.47 Å². The van der Waals surface area contributed by atoms with Crippen LogP contribution < -0.4 is 15.2 Å². The van der Waals surface area contributed by atoms with Crippen LogP contribution in [0.15, 0.2) is 12.1 Å². The molecule has 1 aromatic carbocycles. The number of nitrogens with two attached hydrogens (primary N) is 1. The number of halogens is 1. The number of benzene rings is 1. The molecule has 2 rings (SSSR count). The molecule has 0 radical (unpaired) electrons. The fraction of sp³-hybridized carbons (Fsp3) is 0.625. The number of likely N-dealkylation sites (tertiary alicyclic amines) is 1. The van der Waals surface area contributed by atoms with E-state index in [-0.39, 0.29) is 6.04 Å². The highest BCUT2D eigenvalue weighted by atomic mass is 35.5. The van der Waals surface area contributed by atoms with E-state index in [1.807, 2.05) is 12.1 Å². The highest BCUT2D eigenvalue weighted by molar-refractivity contribution is 6.32. The van der Waals surface area contributed by atoms with Crippen molar-refractivity contribution in [1.82, 2.24) is 4.90 Å². The van der Waals surface area contributed by atoms with Crippen LogP contribution in [0.1, 0.15) is 37.8 Å². The second-order valence-corrected chi connectivity index (χ2v) is 5.78. The van der Waals surface area contributed by atoms with Gasteiger partial charge in [-0.3, -0.25) is 4.90 Å². The monoisotopic (exact) mass is 312 g/mol. The summed E-state index contributed by atoms with van der Waals surface area (Å²) in [6, 6.07) is 4.16. The summed E-state index contributed by atoms with van der Waals surface area (Å²) in [5.41, 5.74) is 7.09. The van der Waals surface area contributed by atoms with Gasteiger partial charge in [-0.25, -0.2) is 0 Å². The fourth-order valence-electron chi connectivity index (χ4n) is 2.83. The van der Waals surface area contributed by atoms with Gasteiger partial charge in [0, 0.05) is 12.6 Å². The van der Waals surface area contributed by atoms with E-state index in [1.165, 1.54) is 12.8 Å². The zero-order valence-corrected chi connectivity index (χ0v) is 13.7. The predicted molar refractivity (Wildman–Crippen MR) is 86.4 cm³/mol. The van der Waals surface area contributed by atoms with Gasteiger partial charge in [-0.15, -0.1) is 0 Å². The third-order valence-electron chi connectivity index (χ3n) is 3.89. The van der Waals surface area contributed by atoms with Crippen LogP contribution in [0, 0.1) is 0 Å². The van der Waals surface area contributed by atoms with Gasteiger partial charge in [0.2, 0.25) is 0 Å². The van der Waals surface area contributed by atoms with E-state index in [0.717, 1.165) is 25.1 Å². The zero-order chi connectivity index (χ0) is 15.2. The van der Waals surface area contributed by atoms with Crippen molar-refractivity contribution in [2.45, 2.75) is 32.2 Å². The maximum atomic E-state index is 6.39. The van der Waals surface area contributed by atoms with Gasteiger partial charge < -0.3 is 15.2 Å². The Morgan fingerprint density at radius 1 is 1.33 bits per heavy atom. The molecule has 1 unspecified atom stereocenters. The van der Waals surface area contributed by atoms with Gasteiger partial charge in [0.15, 0.2) is 11.5 Å². The molecule has 5 heteroatoms. The van der Waals surface area contributed by atoms with Crippen LogP contribution >= 0.6 is 11.6 Å². The Labute approximate surface area is 132 Å². The molecule has 0 saturated carbocycles. The molecule has 2 N–H and O–H groups in total. The van der Waals surface area contributed by atoms with E-state index in [0.29, 0.717) is 29.7 Å². The summed E-state index contributed by atoms with van der Waals surface area (Å²) in [6.45, 7) is 5.45. The van der Waals surface area contributed by atoms with Crippen molar-refractivity contribution >= 4 is 11.6 Å². The minimum absolute atomic E-state index is 0.194. The number of ether oxygens (including phenoxy) is 2. The van der Waals surface area contributed by atoms with Gasteiger partial charge in [0.1, 0.15) is 0 Å². The minimum Gasteiger partial charge on any atom is -0.493 e. The van der Waals surface area contributed by atoms with Gasteiger partial charge in [-0.1, -0.05) is 18.5 Å². The zero-order valence-electron chi connectivity index (χ0n) is 12.9. The summed E-state index contributed by atoms with van der Waals surface area (Å²) in [5.74, 6) is 1.31. The molecule has 0 amide bonds. The number of methoxy groups -OCH3 is 1. The molecular formula is C16H25ClN2O2. The second kappa shape index (κ2) is 7.87. The van der Waals surface area contributed by atoms with Gasteiger partial charge in [0.25, 0.3) is 0 Å². The highest BCUT2D eigenvalue weighted by Gasteiger charge is 2.24. The lowest BCUT2D eigenvalue weighted by Crippen LogP contribution is -2.31. The first-order valence-corrected chi connectivity index (χ1v) is 8.03. The first-order valence-electron chi connectivity index (χ1n) is 7.65. The topological polar surface area (TPSA) is 47.7 Å². The van der Waals surface area contributed by atoms with Crippen molar-refractivity contribution in [2.75, 3.05) is 33.4 Å².